The molecular weight excluding hydrogens is 397 g/mol. The lowest BCUT2D eigenvalue weighted by Crippen LogP contribution is -2.31. The van der Waals surface area contributed by atoms with E-state index in [0.717, 1.165) is 31.2 Å². The molecule has 0 unspecified atom stereocenters. The number of aromatic nitrogens is 4. The fourth-order valence-electron chi connectivity index (χ4n) is 3.39. The highest BCUT2D eigenvalue weighted by Gasteiger charge is 2.32. The van der Waals surface area contributed by atoms with Crippen LogP contribution >= 0.6 is 0 Å². The summed E-state index contributed by atoms with van der Waals surface area (Å²) in [5, 5.41) is 2.71. The number of halogens is 3. The minimum absolute atomic E-state index is 0.0156. The van der Waals surface area contributed by atoms with E-state index in [4.69, 9.17) is 0 Å². The van der Waals surface area contributed by atoms with Gasteiger partial charge < -0.3 is 10.2 Å². The molecule has 3 aromatic heterocycles. The molecule has 4 heterocycles. The van der Waals surface area contributed by atoms with Crippen LogP contribution in [-0.4, -0.2) is 37.3 Å². The molecule has 0 radical (unpaired) electrons. The Bertz CT molecular complexity index is 1040. The Hall–Kier alpha value is -3.56. The third-order valence-electron chi connectivity index (χ3n) is 4.79. The molecule has 10 heteroatoms. The molecule has 154 valence electrons. The number of nitrogens with one attached hydrogen (secondary N) is 1. The molecule has 1 saturated heterocycles. The van der Waals surface area contributed by atoms with Crippen molar-refractivity contribution in [2.45, 2.75) is 25.1 Å². The van der Waals surface area contributed by atoms with Crippen LogP contribution in [0.2, 0.25) is 0 Å². The molecule has 1 aliphatic heterocycles. The Morgan fingerprint density at radius 3 is 2.60 bits per heavy atom. The molecular formula is C20H17F3N6O. The van der Waals surface area contributed by atoms with Crippen molar-refractivity contribution < 1.29 is 18.0 Å². The molecule has 0 bridgehead atoms. The normalized spacial score (nSPS) is 16.5. The molecule has 0 aliphatic carbocycles. The summed E-state index contributed by atoms with van der Waals surface area (Å²) in [7, 11) is 0. The van der Waals surface area contributed by atoms with Crippen molar-refractivity contribution in [1.29, 1.82) is 0 Å². The molecule has 1 N–H and O–H groups in total. The van der Waals surface area contributed by atoms with E-state index in [1.165, 1.54) is 6.20 Å². The van der Waals surface area contributed by atoms with Crippen LogP contribution in [0.15, 0.2) is 55.1 Å². The summed E-state index contributed by atoms with van der Waals surface area (Å²) in [6, 6.07) is 6.55. The van der Waals surface area contributed by atoms with Crippen LogP contribution in [0.5, 0.6) is 0 Å². The first-order chi connectivity index (χ1) is 14.4. The van der Waals surface area contributed by atoms with E-state index in [-0.39, 0.29) is 23.7 Å². The summed E-state index contributed by atoms with van der Waals surface area (Å²) >= 11 is 0. The smallest absolute Gasteiger partial charge is 0.330 e. The molecule has 4 rings (SSSR count). The van der Waals surface area contributed by atoms with E-state index in [1.54, 1.807) is 35.5 Å². The Labute approximate surface area is 170 Å². The van der Waals surface area contributed by atoms with Crippen LogP contribution in [0, 0.1) is 0 Å². The summed E-state index contributed by atoms with van der Waals surface area (Å²) in [5.74, 6) is -0.0202. The Morgan fingerprint density at radius 1 is 1.07 bits per heavy atom. The Morgan fingerprint density at radius 2 is 1.83 bits per heavy atom. The molecule has 3 aromatic rings. The second-order valence-corrected chi connectivity index (χ2v) is 6.75. The van der Waals surface area contributed by atoms with Crippen LogP contribution < -0.4 is 5.32 Å². The van der Waals surface area contributed by atoms with Crippen molar-refractivity contribution in [3.05, 3.63) is 71.9 Å². The van der Waals surface area contributed by atoms with Gasteiger partial charge in [0.2, 0.25) is 5.95 Å². The number of hydrogen-bond donors (Lipinski definition) is 1. The topological polar surface area (TPSA) is 83.9 Å². The summed E-state index contributed by atoms with van der Waals surface area (Å²) in [5.41, 5.74) is 0.331. The van der Waals surface area contributed by atoms with Crippen LogP contribution in [-0.2, 0) is 6.18 Å². The number of amides is 1. The monoisotopic (exact) mass is 414 g/mol. The highest BCUT2D eigenvalue weighted by Crippen LogP contribution is 2.33. The molecule has 1 fully saturated rings. The average molecular weight is 414 g/mol. The number of pyridine rings is 2. The van der Waals surface area contributed by atoms with E-state index >= 15 is 0 Å². The number of carbonyl (C=O) groups excluding carboxylic acids is 1. The van der Waals surface area contributed by atoms with Crippen molar-refractivity contribution in [1.82, 2.24) is 24.8 Å². The van der Waals surface area contributed by atoms with Gasteiger partial charge in [-0.1, -0.05) is 0 Å². The van der Waals surface area contributed by atoms with Gasteiger partial charge in [0.05, 0.1) is 17.3 Å². The Kier molecular flexibility index (Phi) is 5.30. The number of carbonyl (C=O) groups is 1. The minimum Gasteiger partial charge on any atom is -0.330 e. The van der Waals surface area contributed by atoms with Gasteiger partial charge in [0.15, 0.2) is 0 Å². The van der Waals surface area contributed by atoms with E-state index in [1.807, 2.05) is 0 Å². The summed E-state index contributed by atoms with van der Waals surface area (Å²) in [4.78, 5) is 30.9. The summed E-state index contributed by atoms with van der Waals surface area (Å²) in [6.45, 7) is 0.591. The van der Waals surface area contributed by atoms with Gasteiger partial charge in [0.1, 0.15) is 5.82 Å². The molecule has 0 aromatic carbocycles. The zero-order chi connectivity index (χ0) is 21.1. The van der Waals surface area contributed by atoms with Gasteiger partial charge in [-0.2, -0.15) is 13.2 Å². The maximum Gasteiger partial charge on any atom is 0.416 e. The molecule has 1 aliphatic rings. The fourth-order valence-corrected chi connectivity index (χ4v) is 3.39. The third kappa shape index (κ3) is 4.22. The van der Waals surface area contributed by atoms with Crippen molar-refractivity contribution in [2.24, 2.45) is 0 Å². The van der Waals surface area contributed by atoms with Gasteiger partial charge in [-0.25, -0.2) is 15.0 Å². The first-order valence-corrected chi connectivity index (χ1v) is 9.26. The van der Waals surface area contributed by atoms with Crippen molar-refractivity contribution in [3.8, 4) is 0 Å². The lowest BCUT2D eigenvalue weighted by atomic mass is 10.1. The zero-order valence-corrected chi connectivity index (χ0v) is 15.7. The predicted molar refractivity (Wildman–Crippen MR) is 102 cm³/mol. The molecule has 7 nitrogen and oxygen atoms in total. The molecule has 1 atom stereocenters. The largest absolute Gasteiger partial charge is 0.416 e. The standard InChI is InChI=1S/C20H17F3N6O/c21-20(22,23)14-5-9-25-17(12-14)28-19-26-10-6-15(27-19)16-2-1-11-29(16)18(30)13-3-7-24-8-4-13/h3-10,12,16H,1-2,11H2,(H,25,26,27,28)/t16-/m1/s1. The maximum atomic E-state index is 12.9. The molecule has 30 heavy (non-hydrogen) atoms. The van der Waals surface area contributed by atoms with Gasteiger partial charge in [-0.3, -0.25) is 9.78 Å². The van der Waals surface area contributed by atoms with E-state index in [9.17, 15) is 18.0 Å². The quantitative estimate of drug-likeness (QED) is 0.695. The third-order valence-corrected chi connectivity index (χ3v) is 4.79. The van der Waals surface area contributed by atoms with Gasteiger partial charge in [0.25, 0.3) is 5.91 Å². The van der Waals surface area contributed by atoms with Crippen LogP contribution in [0.1, 0.15) is 40.5 Å². The van der Waals surface area contributed by atoms with E-state index in [2.05, 4.69) is 25.3 Å². The lowest BCUT2D eigenvalue weighted by Gasteiger charge is -2.24. The second-order valence-electron chi connectivity index (χ2n) is 6.75. The van der Waals surface area contributed by atoms with Crippen molar-refractivity contribution in [2.75, 3.05) is 11.9 Å². The van der Waals surface area contributed by atoms with E-state index < -0.39 is 11.7 Å². The number of hydrogen-bond acceptors (Lipinski definition) is 6. The highest BCUT2D eigenvalue weighted by atomic mass is 19.4. The number of anilines is 2. The first-order valence-electron chi connectivity index (χ1n) is 9.26. The number of nitrogens with zero attached hydrogens (tertiary/aromatic N) is 5. The average Bonchev–Trinajstić information content (AvgIpc) is 3.24. The summed E-state index contributed by atoms with van der Waals surface area (Å²) < 4.78 is 38.7. The minimum atomic E-state index is -4.47. The van der Waals surface area contributed by atoms with Gasteiger partial charge in [-0.05, 0) is 43.2 Å². The number of alkyl halides is 3. The van der Waals surface area contributed by atoms with Crippen LogP contribution in [0.25, 0.3) is 0 Å². The number of likely N-dealkylation sites (tertiary alicyclic amines) is 1. The van der Waals surface area contributed by atoms with Crippen molar-refractivity contribution in [3.63, 3.8) is 0 Å². The predicted octanol–water partition coefficient (Wildman–Crippen LogP) is 4.01. The van der Waals surface area contributed by atoms with E-state index in [0.29, 0.717) is 17.8 Å². The Balaban J connectivity index is 1.55. The van der Waals surface area contributed by atoms with Gasteiger partial charge >= 0.3 is 6.18 Å². The first kappa shape index (κ1) is 19.7. The van der Waals surface area contributed by atoms with Crippen molar-refractivity contribution >= 4 is 17.7 Å². The van der Waals surface area contributed by atoms with Crippen LogP contribution in [0.3, 0.4) is 0 Å². The maximum absolute atomic E-state index is 12.9. The second kappa shape index (κ2) is 8.05. The number of rotatable bonds is 4. The fraction of sp³-hybridized carbons (Fsp3) is 0.250. The molecule has 0 saturated carbocycles. The van der Waals surface area contributed by atoms with Gasteiger partial charge in [-0.15, -0.1) is 0 Å². The van der Waals surface area contributed by atoms with Gasteiger partial charge in [0, 0.05) is 36.9 Å². The zero-order valence-electron chi connectivity index (χ0n) is 15.7. The van der Waals surface area contributed by atoms with Crippen LogP contribution in [0.4, 0.5) is 24.9 Å². The highest BCUT2D eigenvalue weighted by molar-refractivity contribution is 5.94. The molecule has 1 amide bonds. The SMILES string of the molecule is O=C(c1ccncc1)N1CCC[C@@H]1c1ccnc(Nc2cc(C(F)(F)F)ccn2)n1. The lowest BCUT2D eigenvalue weighted by molar-refractivity contribution is -0.137. The summed E-state index contributed by atoms with van der Waals surface area (Å²) in [6.07, 6.45) is 2.78. The molecule has 0 spiro atoms.